The summed E-state index contributed by atoms with van der Waals surface area (Å²) in [6.07, 6.45) is 11.2. The molecule has 1 aliphatic heterocycles. The van der Waals surface area contributed by atoms with E-state index >= 15 is 0 Å². The van der Waals surface area contributed by atoms with E-state index in [1.165, 1.54) is 12.1 Å². The molecule has 5 heterocycles. The maximum Gasteiger partial charge on any atom is 0.225 e. The zero-order valence-corrected chi connectivity index (χ0v) is 20.2. The summed E-state index contributed by atoms with van der Waals surface area (Å²) in [6.45, 7) is 5.26. The average Bonchev–Trinajstić information content (AvgIpc) is 3.55. The van der Waals surface area contributed by atoms with Crippen LogP contribution in [-0.4, -0.2) is 60.5 Å². The first-order valence-electron chi connectivity index (χ1n) is 11.9. The Labute approximate surface area is 207 Å². The summed E-state index contributed by atoms with van der Waals surface area (Å²) in [5.41, 5.74) is 5.12. The molecule has 4 aromatic heterocycles. The minimum atomic E-state index is -0.231. The average molecular weight is 484 g/mol. The van der Waals surface area contributed by atoms with Crippen molar-refractivity contribution in [3.63, 3.8) is 0 Å². The number of hydrogen-bond acceptors (Lipinski definition) is 7. The van der Waals surface area contributed by atoms with Gasteiger partial charge in [-0.15, -0.1) is 0 Å². The van der Waals surface area contributed by atoms with Gasteiger partial charge in [0.1, 0.15) is 17.7 Å². The first-order valence-corrected chi connectivity index (χ1v) is 11.9. The Morgan fingerprint density at radius 3 is 2.22 bits per heavy atom. The molecular formula is C26H26FN9. The number of aromatic nitrogens is 7. The number of piperazine rings is 1. The normalized spacial score (nSPS) is 15.0. The molecule has 1 fully saturated rings. The van der Waals surface area contributed by atoms with Crippen molar-refractivity contribution in [3.05, 3.63) is 84.6 Å². The van der Waals surface area contributed by atoms with Crippen molar-refractivity contribution < 1.29 is 4.39 Å². The van der Waals surface area contributed by atoms with Crippen LogP contribution in [0.3, 0.4) is 0 Å². The lowest BCUT2D eigenvalue weighted by atomic mass is 9.95. The van der Waals surface area contributed by atoms with E-state index in [1.807, 2.05) is 54.7 Å². The molecule has 0 unspecified atom stereocenters. The highest BCUT2D eigenvalue weighted by Crippen LogP contribution is 2.28. The van der Waals surface area contributed by atoms with Crippen molar-refractivity contribution in [3.8, 4) is 11.1 Å². The lowest BCUT2D eigenvalue weighted by molar-refractivity contribution is 0.626. The van der Waals surface area contributed by atoms with E-state index in [2.05, 4.69) is 47.9 Å². The van der Waals surface area contributed by atoms with Gasteiger partial charge in [0, 0.05) is 75.1 Å². The largest absolute Gasteiger partial charge is 0.351 e. The van der Waals surface area contributed by atoms with Crippen molar-refractivity contribution in [2.24, 2.45) is 7.05 Å². The van der Waals surface area contributed by atoms with Crippen molar-refractivity contribution in [2.45, 2.75) is 12.8 Å². The standard InChI is InChI=1S/C26H26FN9/c1-18(19-3-5-23(27)6-4-19)21-12-28-26(29-13-21)35-9-7-34(8-10-35)25-24-11-20(16-36(24)32-17-30-25)22-14-31-33(2)15-22/h3-6,11-18H,7-10H2,1-2H3/t18-/m1/s1. The van der Waals surface area contributed by atoms with Gasteiger partial charge in [0.2, 0.25) is 5.95 Å². The van der Waals surface area contributed by atoms with Gasteiger partial charge in [-0.1, -0.05) is 19.1 Å². The minimum absolute atomic E-state index is 0.0928. The summed E-state index contributed by atoms with van der Waals surface area (Å²) >= 11 is 0. The number of aryl methyl sites for hydroxylation is 1. The van der Waals surface area contributed by atoms with Gasteiger partial charge in [0.05, 0.1) is 6.20 Å². The zero-order valence-electron chi connectivity index (χ0n) is 20.2. The predicted octanol–water partition coefficient (Wildman–Crippen LogP) is 3.54. The van der Waals surface area contributed by atoms with E-state index in [9.17, 15) is 4.39 Å². The van der Waals surface area contributed by atoms with Gasteiger partial charge >= 0.3 is 0 Å². The van der Waals surface area contributed by atoms with Gasteiger partial charge in [-0.05, 0) is 29.3 Å². The van der Waals surface area contributed by atoms with Crippen LogP contribution in [0.2, 0.25) is 0 Å². The van der Waals surface area contributed by atoms with Crippen molar-refractivity contribution in [2.75, 3.05) is 36.0 Å². The molecule has 5 aromatic rings. The SMILES string of the molecule is C[C@H](c1ccc(F)cc1)c1cnc(N2CCN(c3ncnn4cc(-c5cnn(C)c5)cc34)CC2)nc1. The van der Waals surface area contributed by atoms with Gasteiger partial charge in [0.25, 0.3) is 0 Å². The number of hydrogen-bond donors (Lipinski definition) is 0. The van der Waals surface area contributed by atoms with Gasteiger partial charge < -0.3 is 9.80 Å². The number of halogens is 1. The van der Waals surface area contributed by atoms with E-state index in [0.29, 0.717) is 0 Å². The summed E-state index contributed by atoms with van der Waals surface area (Å²) in [5, 5.41) is 8.68. The molecule has 0 N–H and O–H groups in total. The number of benzene rings is 1. The monoisotopic (exact) mass is 483 g/mol. The second-order valence-electron chi connectivity index (χ2n) is 9.11. The molecule has 0 radical (unpaired) electrons. The topological polar surface area (TPSA) is 80.3 Å². The fourth-order valence-electron chi connectivity index (χ4n) is 4.67. The third-order valence-electron chi connectivity index (χ3n) is 6.81. The summed E-state index contributed by atoms with van der Waals surface area (Å²) in [4.78, 5) is 18.4. The highest BCUT2D eigenvalue weighted by Gasteiger charge is 2.23. The number of fused-ring (bicyclic) bond motifs is 1. The molecular weight excluding hydrogens is 457 g/mol. The molecule has 6 rings (SSSR count). The van der Waals surface area contributed by atoms with E-state index in [4.69, 9.17) is 0 Å². The lowest BCUT2D eigenvalue weighted by Gasteiger charge is -2.35. The number of rotatable bonds is 5. The van der Waals surface area contributed by atoms with Crippen molar-refractivity contribution >= 4 is 17.3 Å². The lowest BCUT2D eigenvalue weighted by Crippen LogP contribution is -2.47. The molecule has 1 aliphatic rings. The fraction of sp³-hybridized carbons (Fsp3) is 0.269. The molecule has 182 valence electrons. The summed E-state index contributed by atoms with van der Waals surface area (Å²) in [7, 11) is 1.91. The second kappa shape index (κ2) is 9.03. The third kappa shape index (κ3) is 4.15. The molecule has 0 saturated carbocycles. The number of nitrogens with zero attached hydrogens (tertiary/aromatic N) is 9. The third-order valence-corrected chi connectivity index (χ3v) is 6.81. The molecule has 36 heavy (non-hydrogen) atoms. The minimum Gasteiger partial charge on any atom is -0.351 e. The Kier molecular flexibility index (Phi) is 5.55. The fourth-order valence-corrected chi connectivity index (χ4v) is 4.67. The molecule has 0 amide bonds. The first-order chi connectivity index (χ1) is 17.5. The van der Waals surface area contributed by atoms with Crippen LogP contribution in [0.25, 0.3) is 16.6 Å². The first kappa shape index (κ1) is 22.1. The smallest absolute Gasteiger partial charge is 0.225 e. The Bertz CT molecular complexity index is 1480. The zero-order chi connectivity index (χ0) is 24.6. The van der Waals surface area contributed by atoms with Crippen LogP contribution < -0.4 is 9.80 Å². The van der Waals surface area contributed by atoms with E-state index in [0.717, 1.165) is 65.7 Å². The van der Waals surface area contributed by atoms with Crippen LogP contribution in [0.15, 0.2) is 67.6 Å². The van der Waals surface area contributed by atoms with Crippen LogP contribution in [0.4, 0.5) is 16.2 Å². The number of anilines is 2. The quantitative estimate of drug-likeness (QED) is 0.378. The maximum absolute atomic E-state index is 13.3. The maximum atomic E-state index is 13.3. The van der Waals surface area contributed by atoms with E-state index < -0.39 is 0 Å². The van der Waals surface area contributed by atoms with Gasteiger partial charge in [0.15, 0.2) is 5.82 Å². The molecule has 1 atom stereocenters. The predicted molar refractivity (Wildman–Crippen MR) is 136 cm³/mol. The Morgan fingerprint density at radius 2 is 1.53 bits per heavy atom. The molecule has 9 nitrogen and oxygen atoms in total. The summed E-state index contributed by atoms with van der Waals surface area (Å²) < 4.78 is 16.9. The Hall–Kier alpha value is -4.34. The Balaban J connectivity index is 1.15. The van der Waals surface area contributed by atoms with Crippen LogP contribution in [0.1, 0.15) is 24.0 Å². The van der Waals surface area contributed by atoms with Crippen molar-refractivity contribution in [1.29, 1.82) is 0 Å². The van der Waals surface area contributed by atoms with Crippen LogP contribution >= 0.6 is 0 Å². The van der Waals surface area contributed by atoms with Crippen LogP contribution in [0, 0.1) is 5.82 Å². The van der Waals surface area contributed by atoms with Crippen LogP contribution in [0.5, 0.6) is 0 Å². The molecule has 0 aliphatic carbocycles. The van der Waals surface area contributed by atoms with Crippen molar-refractivity contribution in [1.82, 2.24) is 34.3 Å². The van der Waals surface area contributed by atoms with E-state index in [1.54, 1.807) is 11.0 Å². The van der Waals surface area contributed by atoms with Gasteiger partial charge in [-0.25, -0.2) is 23.9 Å². The Morgan fingerprint density at radius 1 is 0.806 bits per heavy atom. The molecule has 10 heteroatoms. The molecule has 1 aromatic carbocycles. The van der Waals surface area contributed by atoms with E-state index in [-0.39, 0.29) is 11.7 Å². The van der Waals surface area contributed by atoms with Gasteiger partial charge in [-0.3, -0.25) is 4.68 Å². The summed E-state index contributed by atoms with van der Waals surface area (Å²) in [6, 6.07) is 8.70. The molecule has 0 spiro atoms. The summed E-state index contributed by atoms with van der Waals surface area (Å²) in [5.74, 6) is 1.50. The highest BCUT2D eigenvalue weighted by atomic mass is 19.1. The highest BCUT2D eigenvalue weighted by molar-refractivity contribution is 5.77. The van der Waals surface area contributed by atoms with Crippen LogP contribution in [-0.2, 0) is 7.05 Å². The molecule has 1 saturated heterocycles. The molecule has 0 bridgehead atoms. The van der Waals surface area contributed by atoms with Gasteiger partial charge in [-0.2, -0.15) is 10.2 Å². The second-order valence-corrected chi connectivity index (χ2v) is 9.11.